The van der Waals surface area contributed by atoms with Gasteiger partial charge in [-0.15, -0.1) is 0 Å². The smallest absolute Gasteiger partial charge is 0.278 e. The Morgan fingerprint density at radius 3 is 2.44 bits per heavy atom. The molecule has 90 valence electrons. The first-order valence-electron chi connectivity index (χ1n) is 6.34. The molecule has 2 aliphatic carbocycles. The monoisotopic (exact) mass is 240 g/mol. The average molecular weight is 240 g/mol. The highest BCUT2D eigenvalue weighted by atomic mass is 32.1. The fourth-order valence-corrected chi connectivity index (χ4v) is 2.43. The van der Waals surface area contributed by atoms with Crippen LogP contribution in [0.3, 0.4) is 0 Å². The van der Waals surface area contributed by atoms with Gasteiger partial charge in [0.05, 0.1) is 0 Å². The predicted octanol–water partition coefficient (Wildman–Crippen LogP) is 1.76. The zero-order chi connectivity index (χ0) is 11.4. The van der Waals surface area contributed by atoms with Gasteiger partial charge in [-0.05, 0) is 31.6 Å². The Morgan fingerprint density at radius 2 is 1.81 bits per heavy atom. The molecule has 0 heterocycles. The highest BCUT2D eigenvalue weighted by Gasteiger charge is 2.24. The molecule has 2 saturated carbocycles. The van der Waals surface area contributed by atoms with Crippen LogP contribution in [0.4, 0.5) is 0 Å². The van der Waals surface area contributed by atoms with Gasteiger partial charge in [0.15, 0.2) is 4.99 Å². The molecule has 0 aliphatic heterocycles. The maximum Gasteiger partial charge on any atom is 0.278 e. The van der Waals surface area contributed by atoms with Crippen LogP contribution in [0, 0.1) is 5.92 Å². The van der Waals surface area contributed by atoms with Gasteiger partial charge < -0.3 is 10.6 Å². The molecule has 0 atom stereocenters. The second-order valence-corrected chi connectivity index (χ2v) is 5.37. The summed E-state index contributed by atoms with van der Waals surface area (Å²) in [6.07, 6.45) is 8.78. The van der Waals surface area contributed by atoms with Crippen LogP contribution in [0.1, 0.15) is 44.9 Å². The van der Waals surface area contributed by atoms with Crippen molar-refractivity contribution < 1.29 is 4.79 Å². The van der Waals surface area contributed by atoms with E-state index in [1.807, 2.05) is 0 Å². The van der Waals surface area contributed by atoms with Crippen LogP contribution < -0.4 is 10.6 Å². The van der Waals surface area contributed by atoms with E-state index in [0.717, 1.165) is 19.4 Å². The third-order valence-electron chi connectivity index (χ3n) is 3.39. The third-order valence-corrected chi connectivity index (χ3v) is 3.70. The molecule has 2 fully saturated rings. The Kier molecular flexibility index (Phi) is 4.16. The normalized spacial score (nSPS) is 21.5. The summed E-state index contributed by atoms with van der Waals surface area (Å²) >= 11 is 5.04. The minimum Gasteiger partial charge on any atom is -0.369 e. The Labute approximate surface area is 102 Å². The molecule has 0 radical (unpaired) electrons. The van der Waals surface area contributed by atoms with Gasteiger partial charge in [0.25, 0.3) is 5.91 Å². The summed E-state index contributed by atoms with van der Waals surface area (Å²) in [6, 6.07) is 0.466. The van der Waals surface area contributed by atoms with Gasteiger partial charge in [-0.1, -0.05) is 31.5 Å². The standard InChI is InChI=1S/C12H20N2OS/c15-11(12(16)14-10-6-7-10)13-8-9-4-2-1-3-5-9/h9-10H,1-8H2,(H,13,15)(H,14,16). The van der Waals surface area contributed by atoms with E-state index in [-0.39, 0.29) is 5.91 Å². The summed E-state index contributed by atoms with van der Waals surface area (Å²) in [7, 11) is 0. The number of carbonyl (C=O) groups is 1. The number of amides is 1. The maximum absolute atomic E-state index is 11.6. The third kappa shape index (κ3) is 3.74. The maximum atomic E-state index is 11.6. The second-order valence-electron chi connectivity index (χ2n) is 4.96. The number of carbonyl (C=O) groups excluding carboxylic acids is 1. The Morgan fingerprint density at radius 1 is 1.12 bits per heavy atom. The Bertz CT molecular complexity index is 270. The number of thiocarbonyl (C=S) groups is 1. The van der Waals surface area contributed by atoms with Gasteiger partial charge >= 0.3 is 0 Å². The lowest BCUT2D eigenvalue weighted by molar-refractivity contribution is -0.115. The first kappa shape index (κ1) is 11.8. The fourth-order valence-electron chi connectivity index (χ4n) is 2.19. The van der Waals surface area contributed by atoms with E-state index in [1.54, 1.807) is 0 Å². The summed E-state index contributed by atoms with van der Waals surface area (Å²) in [6.45, 7) is 0.797. The number of nitrogens with one attached hydrogen (secondary N) is 2. The van der Waals surface area contributed by atoms with Crippen molar-refractivity contribution in [1.82, 2.24) is 10.6 Å². The Hall–Kier alpha value is -0.640. The summed E-state index contributed by atoms with van der Waals surface area (Å²) in [5.41, 5.74) is 0. The van der Waals surface area contributed by atoms with E-state index in [4.69, 9.17) is 12.2 Å². The van der Waals surface area contributed by atoms with E-state index in [2.05, 4.69) is 10.6 Å². The van der Waals surface area contributed by atoms with Crippen LogP contribution in [0.25, 0.3) is 0 Å². The van der Waals surface area contributed by atoms with Gasteiger partial charge in [0.2, 0.25) is 0 Å². The molecular formula is C12H20N2OS. The van der Waals surface area contributed by atoms with Crippen LogP contribution in [0.15, 0.2) is 0 Å². The molecule has 0 bridgehead atoms. The molecule has 2 aliphatic rings. The van der Waals surface area contributed by atoms with Crippen molar-refractivity contribution in [2.75, 3.05) is 6.54 Å². The van der Waals surface area contributed by atoms with E-state index < -0.39 is 0 Å². The molecule has 0 aromatic carbocycles. The highest BCUT2D eigenvalue weighted by molar-refractivity contribution is 7.82. The van der Waals surface area contributed by atoms with E-state index in [9.17, 15) is 4.79 Å². The van der Waals surface area contributed by atoms with Crippen LogP contribution in [0.5, 0.6) is 0 Å². The topological polar surface area (TPSA) is 41.1 Å². The largest absolute Gasteiger partial charge is 0.369 e. The van der Waals surface area contributed by atoms with Crippen LogP contribution in [-0.4, -0.2) is 23.5 Å². The van der Waals surface area contributed by atoms with Crippen molar-refractivity contribution in [1.29, 1.82) is 0 Å². The van der Waals surface area contributed by atoms with Crippen LogP contribution in [-0.2, 0) is 4.79 Å². The number of hydrogen-bond acceptors (Lipinski definition) is 2. The minimum atomic E-state index is -0.0903. The lowest BCUT2D eigenvalue weighted by Gasteiger charge is -2.21. The summed E-state index contributed by atoms with van der Waals surface area (Å²) in [5.74, 6) is 0.578. The van der Waals surface area contributed by atoms with Crippen LogP contribution >= 0.6 is 12.2 Å². The summed E-state index contributed by atoms with van der Waals surface area (Å²) in [4.78, 5) is 12.0. The van der Waals surface area contributed by atoms with Crippen LogP contribution in [0.2, 0.25) is 0 Å². The molecule has 16 heavy (non-hydrogen) atoms. The lowest BCUT2D eigenvalue weighted by Crippen LogP contribution is -2.41. The van der Waals surface area contributed by atoms with E-state index >= 15 is 0 Å². The van der Waals surface area contributed by atoms with Crippen molar-refractivity contribution in [3.63, 3.8) is 0 Å². The molecule has 0 unspecified atom stereocenters. The molecular weight excluding hydrogens is 220 g/mol. The first-order valence-corrected chi connectivity index (χ1v) is 6.75. The molecule has 2 rings (SSSR count). The first-order chi connectivity index (χ1) is 7.75. The molecule has 3 nitrogen and oxygen atoms in total. The molecule has 0 aromatic rings. The van der Waals surface area contributed by atoms with Crippen molar-refractivity contribution >= 4 is 23.1 Å². The minimum absolute atomic E-state index is 0.0903. The summed E-state index contributed by atoms with van der Waals surface area (Å²) < 4.78 is 0. The van der Waals surface area contributed by atoms with Gasteiger partial charge in [0.1, 0.15) is 0 Å². The van der Waals surface area contributed by atoms with Gasteiger partial charge in [-0.3, -0.25) is 4.79 Å². The van der Waals surface area contributed by atoms with Crippen molar-refractivity contribution in [3.05, 3.63) is 0 Å². The molecule has 2 N–H and O–H groups in total. The molecule has 1 amide bonds. The summed E-state index contributed by atoms with van der Waals surface area (Å²) in [5, 5.41) is 6.00. The Balaban J connectivity index is 1.63. The average Bonchev–Trinajstić information content (AvgIpc) is 3.11. The van der Waals surface area contributed by atoms with Crippen molar-refractivity contribution in [2.24, 2.45) is 5.92 Å². The zero-order valence-electron chi connectivity index (χ0n) is 9.63. The van der Waals surface area contributed by atoms with Gasteiger partial charge in [-0.2, -0.15) is 0 Å². The van der Waals surface area contributed by atoms with Gasteiger partial charge in [0, 0.05) is 12.6 Å². The SMILES string of the molecule is O=C(NCC1CCCCC1)C(=S)NC1CC1. The van der Waals surface area contributed by atoms with E-state index in [0.29, 0.717) is 16.9 Å². The molecule has 0 aromatic heterocycles. The quantitative estimate of drug-likeness (QED) is 0.739. The molecule has 4 heteroatoms. The highest BCUT2D eigenvalue weighted by Crippen LogP contribution is 2.22. The van der Waals surface area contributed by atoms with E-state index in [1.165, 1.54) is 32.1 Å². The van der Waals surface area contributed by atoms with Crippen molar-refractivity contribution in [3.8, 4) is 0 Å². The van der Waals surface area contributed by atoms with Crippen molar-refractivity contribution in [2.45, 2.75) is 51.0 Å². The number of hydrogen-bond donors (Lipinski definition) is 2. The second kappa shape index (κ2) is 5.62. The lowest BCUT2D eigenvalue weighted by atomic mass is 9.89. The number of rotatable bonds is 3. The molecule has 0 saturated heterocycles. The predicted molar refractivity (Wildman–Crippen MR) is 68.3 cm³/mol. The van der Waals surface area contributed by atoms with Gasteiger partial charge in [-0.25, -0.2) is 0 Å². The fraction of sp³-hybridized carbons (Fsp3) is 0.833. The molecule has 0 spiro atoms. The zero-order valence-corrected chi connectivity index (χ0v) is 10.4.